The Morgan fingerprint density at radius 3 is 2.37 bits per heavy atom. The van der Waals surface area contributed by atoms with Crippen molar-refractivity contribution in [3.63, 3.8) is 0 Å². The number of rotatable bonds is 13. The predicted molar refractivity (Wildman–Crippen MR) is 113 cm³/mol. The van der Waals surface area contributed by atoms with E-state index >= 15 is 0 Å². The SMILES string of the molecule is CSCCC(NC(=O)C(N)C(C)C)C(=O)NC(Cc1cnc[nH]1)C(=O)NCC(=O)O. The molecule has 1 heterocycles. The van der Waals surface area contributed by atoms with Crippen molar-refractivity contribution in [2.24, 2.45) is 11.7 Å². The number of carbonyl (C=O) groups is 4. The highest BCUT2D eigenvalue weighted by Crippen LogP contribution is 2.06. The van der Waals surface area contributed by atoms with Gasteiger partial charge in [0.2, 0.25) is 17.7 Å². The molecular weight excluding hydrogens is 412 g/mol. The van der Waals surface area contributed by atoms with Crippen molar-refractivity contribution in [2.75, 3.05) is 18.6 Å². The standard InChI is InChI=1S/C18H30N6O5S/c1-10(2)15(19)18(29)23-12(4-5-30-3)17(28)24-13(6-11-7-20-9-22-11)16(27)21-8-14(25)26/h7,9-10,12-13,15H,4-6,8,19H2,1-3H3,(H,20,22)(H,21,27)(H,23,29)(H,24,28)(H,25,26). The van der Waals surface area contributed by atoms with Gasteiger partial charge in [0.15, 0.2) is 0 Å². The topological polar surface area (TPSA) is 179 Å². The number of aromatic nitrogens is 2. The Labute approximate surface area is 179 Å². The maximum Gasteiger partial charge on any atom is 0.322 e. The van der Waals surface area contributed by atoms with E-state index in [2.05, 4.69) is 25.9 Å². The average molecular weight is 443 g/mol. The molecule has 168 valence electrons. The molecule has 0 aromatic carbocycles. The molecule has 7 N–H and O–H groups in total. The molecule has 1 aromatic rings. The summed E-state index contributed by atoms with van der Waals surface area (Å²) in [5, 5.41) is 16.3. The minimum absolute atomic E-state index is 0.0753. The summed E-state index contributed by atoms with van der Waals surface area (Å²) in [6, 6.07) is -2.70. The summed E-state index contributed by atoms with van der Waals surface area (Å²) in [6.45, 7) is 3.02. The highest BCUT2D eigenvalue weighted by atomic mass is 32.2. The molecule has 0 saturated carbocycles. The van der Waals surface area contributed by atoms with E-state index in [-0.39, 0.29) is 12.3 Å². The highest BCUT2D eigenvalue weighted by Gasteiger charge is 2.29. The molecule has 0 aliphatic rings. The molecule has 0 fully saturated rings. The second-order valence-electron chi connectivity index (χ2n) is 7.07. The molecule has 0 radical (unpaired) electrons. The number of carboxylic acids is 1. The Hall–Kier alpha value is -2.60. The molecule has 0 bridgehead atoms. The van der Waals surface area contributed by atoms with Crippen LogP contribution in [0.5, 0.6) is 0 Å². The maximum absolute atomic E-state index is 12.9. The van der Waals surface area contributed by atoms with E-state index in [4.69, 9.17) is 10.8 Å². The van der Waals surface area contributed by atoms with Gasteiger partial charge in [-0.25, -0.2) is 4.98 Å². The lowest BCUT2D eigenvalue weighted by Gasteiger charge is -2.24. The normalized spacial score (nSPS) is 13.9. The smallest absolute Gasteiger partial charge is 0.322 e. The number of imidazole rings is 1. The van der Waals surface area contributed by atoms with Crippen molar-refractivity contribution in [1.82, 2.24) is 25.9 Å². The molecule has 3 unspecified atom stereocenters. The number of aromatic amines is 1. The predicted octanol–water partition coefficient (Wildman–Crippen LogP) is -1.14. The molecule has 30 heavy (non-hydrogen) atoms. The number of nitrogens with zero attached hydrogens (tertiary/aromatic N) is 1. The number of nitrogens with one attached hydrogen (secondary N) is 4. The summed E-state index contributed by atoms with van der Waals surface area (Å²) >= 11 is 1.51. The second-order valence-corrected chi connectivity index (χ2v) is 8.05. The first-order valence-corrected chi connectivity index (χ1v) is 10.9. The number of aliphatic carboxylic acids is 1. The fourth-order valence-corrected chi connectivity index (χ4v) is 2.93. The van der Waals surface area contributed by atoms with Crippen LogP contribution in [-0.4, -0.2) is 75.4 Å². The molecule has 3 amide bonds. The van der Waals surface area contributed by atoms with Gasteiger partial charge < -0.3 is 31.8 Å². The fraction of sp³-hybridized carbons (Fsp3) is 0.611. The Kier molecular flexibility index (Phi) is 10.9. The number of hydrogen-bond acceptors (Lipinski definition) is 7. The molecule has 11 nitrogen and oxygen atoms in total. The molecule has 0 spiro atoms. The zero-order valence-corrected chi connectivity index (χ0v) is 18.1. The molecule has 1 aromatic heterocycles. The second kappa shape index (κ2) is 12.9. The lowest BCUT2D eigenvalue weighted by atomic mass is 10.0. The van der Waals surface area contributed by atoms with Crippen molar-refractivity contribution in [3.8, 4) is 0 Å². The van der Waals surface area contributed by atoms with Crippen LogP contribution in [0, 0.1) is 5.92 Å². The summed E-state index contributed by atoms with van der Waals surface area (Å²) in [4.78, 5) is 55.1. The number of amides is 3. The lowest BCUT2D eigenvalue weighted by molar-refractivity contribution is -0.138. The van der Waals surface area contributed by atoms with Crippen LogP contribution in [0.4, 0.5) is 0 Å². The van der Waals surface area contributed by atoms with Crippen molar-refractivity contribution >= 4 is 35.5 Å². The molecule has 0 saturated heterocycles. The minimum atomic E-state index is -1.21. The molecular formula is C18H30N6O5S. The van der Waals surface area contributed by atoms with Gasteiger partial charge in [-0.05, 0) is 24.3 Å². The zero-order chi connectivity index (χ0) is 22.7. The van der Waals surface area contributed by atoms with Crippen LogP contribution in [0.1, 0.15) is 26.0 Å². The van der Waals surface area contributed by atoms with Gasteiger partial charge in [-0.15, -0.1) is 0 Å². The number of thioether (sulfide) groups is 1. The largest absolute Gasteiger partial charge is 0.480 e. The monoisotopic (exact) mass is 442 g/mol. The van der Waals surface area contributed by atoms with Crippen molar-refractivity contribution in [2.45, 2.75) is 44.8 Å². The molecule has 0 aliphatic carbocycles. The average Bonchev–Trinajstić information content (AvgIpc) is 3.20. The van der Waals surface area contributed by atoms with E-state index in [0.29, 0.717) is 17.9 Å². The van der Waals surface area contributed by atoms with Gasteiger partial charge in [-0.3, -0.25) is 19.2 Å². The third-order valence-corrected chi connectivity index (χ3v) is 4.93. The number of carbonyl (C=O) groups excluding carboxylic acids is 3. The van der Waals surface area contributed by atoms with E-state index < -0.39 is 48.4 Å². The van der Waals surface area contributed by atoms with Crippen molar-refractivity contribution in [1.29, 1.82) is 0 Å². The number of nitrogens with two attached hydrogens (primary N) is 1. The summed E-state index contributed by atoms with van der Waals surface area (Å²) < 4.78 is 0. The third-order valence-electron chi connectivity index (χ3n) is 4.29. The van der Waals surface area contributed by atoms with Gasteiger partial charge in [-0.2, -0.15) is 11.8 Å². The number of H-pyrrole nitrogens is 1. The van der Waals surface area contributed by atoms with Crippen LogP contribution < -0.4 is 21.7 Å². The summed E-state index contributed by atoms with van der Waals surface area (Å²) in [7, 11) is 0. The van der Waals surface area contributed by atoms with Crippen molar-refractivity contribution < 1.29 is 24.3 Å². The Balaban J connectivity index is 2.91. The van der Waals surface area contributed by atoms with Gasteiger partial charge in [0.05, 0.1) is 12.4 Å². The first-order valence-electron chi connectivity index (χ1n) is 9.47. The van der Waals surface area contributed by atoms with E-state index in [0.717, 1.165) is 0 Å². The van der Waals surface area contributed by atoms with Gasteiger partial charge in [-0.1, -0.05) is 13.8 Å². The Morgan fingerprint density at radius 2 is 1.83 bits per heavy atom. The third kappa shape index (κ3) is 8.82. The molecule has 1 rings (SSSR count). The van der Waals surface area contributed by atoms with Crippen molar-refractivity contribution in [3.05, 3.63) is 18.2 Å². The zero-order valence-electron chi connectivity index (χ0n) is 17.3. The number of carboxylic acid groups (broad SMARTS) is 1. The van der Waals surface area contributed by atoms with Crippen LogP contribution in [-0.2, 0) is 25.6 Å². The van der Waals surface area contributed by atoms with Crippen LogP contribution in [0.3, 0.4) is 0 Å². The summed E-state index contributed by atoms with van der Waals surface area (Å²) in [5.74, 6) is -2.37. The van der Waals surface area contributed by atoms with Gasteiger partial charge in [0, 0.05) is 18.3 Å². The number of hydrogen-bond donors (Lipinski definition) is 6. The summed E-state index contributed by atoms with van der Waals surface area (Å²) in [6.07, 6.45) is 5.22. The molecule has 0 aliphatic heterocycles. The first kappa shape index (κ1) is 25.4. The van der Waals surface area contributed by atoms with E-state index in [1.807, 2.05) is 6.26 Å². The van der Waals surface area contributed by atoms with Gasteiger partial charge in [0.25, 0.3) is 0 Å². The fourth-order valence-electron chi connectivity index (χ4n) is 2.46. The van der Waals surface area contributed by atoms with E-state index in [9.17, 15) is 19.2 Å². The minimum Gasteiger partial charge on any atom is -0.480 e. The van der Waals surface area contributed by atoms with E-state index in [1.54, 1.807) is 13.8 Å². The van der Waals surface area contributed by atoms with Crippen LogP contribution in [0.2, 0.25) is 0 Å². The van der Waals surface area contributed by atoms with Crippen LogP contribution >= 0.6 is 11.8 Å². The maximum atomic E-state index is 12.9. The van der Waals surface area contributed by atoms with Gasteiger partial charge in [0.1, 0.15) is 18.6 Å². The van der Waals surface area contributed by atoms with Crippen LogP contribution in [0.15, 0.2) is 12.5 Å². The molecule has 12 heteroatoms. The quantitative estimate of drug-likeness (QED) is 0.222. The highest BCUT2D eigenvalue weighted by molar-refractivity contribution is 7.98. The Morgan fingerprint density at radius 1 is 1.17 bits per heavy atom. The van der Waals surface area contributed by atoms with Crippen LogP contribution in [0.25, 0.3) is 0 Å². The molecule has 3 atom stereocenters. The summed E-state index contributed by atoms with van der Waals surface area (Å²) in [5.41, 5.74) is 6.45. The van der Waals surface area contributed by atoms with Gasteiger partial charge >= 0.3 is 5.97 Å². The Bertz CT molecular complexity index is 712. The lowest BCUT2D eigenvalue weighted by Crippen LogP contribution is -2.57. The first-order chi connectivity index (χ1) is 14.1. The van der Waals surface area contributed by atoms with E-state index in [1.165, 1.54) is 24.3 Å².